The van der Waals surface area contributed by atoms with E-state index in [1.165, 1.54) is 4.57 Å². The Morgan fingerprint density at radius 2 is 1.86 bits per heavy atom. The van der Waals surface area contributed by atoms with Crippen molar-refractivity contribution in [3.8, 4) is 0 Å². The lowest BCUT2D eigenvalue weighted by molar-refractivity contribution is 0.336. The van der Waals surface area contributed by atoms with Crippen LogP contribution in [-0.2, 0) is 19.6 Å². The molecule has 2 aromatic heterocycles. The Bertz CT molecular complexity index is 780. The molecule has 7 nitrogen and oxygen atoms in total. The van der Waals surface area contributed by atoms with E-state index in [0.29, 0.717) is 30.2 Å². The molecule has 1 aliphatic rings. The Morgan fingerprint density at radius 1 is 1.18 bits per heavy atom. The lowest BCUT2D eigenvalue weighted by Crippen LogP contribution is -2.40. The van der Waals surface area contributed by atoms with Gasteiger partial charge in [-0.05, 0) is 45.7 Å². The van der Waals surface area contributed by atoms with Crippen molar-refractivity contribution >= 4 is 11.2 Å². The molecule has 1 saturated heterocycles. The van der Waals surface area contributed by atoms with Gasteiger partial charge in [0.05, 0.1) is 6.33 Å². The van der Waals surface area contributed by atoms with E-state index < -0.39 is 0 Å². The molecular weight excluding hydrogens is 282 g/mol. The first-order valence-corrected chi connectivity index (χ1v) is 8.06. The minimum atomic E-state index is -0.269. The summed E-state index contributed by atoms with van der Waals surface area (Å²) in [5.41, 5.74) is 0.575. The Kier molecular flexibility index (Phi) is 4.15. The molecule has 1 N–H and O–H groups in total. The van der Waals surface area contributed by atoms with Gasteiger partial charge in [0.1, 0.15) is 0 Å². The Hall–Kier alpha value is -1.89. The van der Waals surface area contributed by atoms with Crippen LogP contribution >= 0.6 is 0 Å². The predicted octanol–water partition coefficient (Wildman–Crippen LogP) is 0.399. The second kappa shape index (κ2) is 6.08. The molecule has 7 heteroatoms. The zero-order chi connectivity index (χ0) is 15.7. The van der Waals surface area contributed by atoms with Crippen LogP contribution in [0.5, 0.6) is 0 Å². The van der Waals surface area contributed by atoms with Gasteiger partial charge in [0.2, 0.25) is 0 Å². The highest BCUT2D eigenvalue weighted by molar-refractivity contribution is 5.70. The molecule has 22 heavy (non-hydrogen) atoms. The van der Waals surface area contributed by atoms with Gasteiger partial charge in [0, 0.05) is 19.6 Å². The van der Waals surface area contributed by atoms with Crippen LogP contribution in [0.25, 0.3) is 11.2 Å². The monoisotopic (exact) mass is 305 g/mol. The van der Waals surface area contributed by atoms with Crippen LogP contribution in [0.1, 0.15) is 26.7 Å². The molecule has 0 amide bonds. The first-order valence-electron chi connectivity index (χ1n) is 8.06. The van der Waals surface area contributed by atoms with Crippen molar-refractivity contribution < 1.29 is 0 Å². The molecule has 1 fully saturated rings. The van der Waals surface area contributed by atoms with Crippen molar-refractivity contribution in [1.29, 1.82) is 0 Å². The number of nitrogens with zero attached hydrogens (tertiary/aromatic N) is 4. The van der Waals surface area contributed by atoms with Crippen molar-refractivity contribution in [2.45, 2.75) is 46.3 Å². The second-order valence-corrected chi connectivity index (χ2v) is 5.84. The van der Waals surface area contributed by atoms with Crippen LogP contribution in [-0.4, -0.2) is 31.8 Å². The third-order valence-corrected chi connectivity index (χ3v) is 4.53. The summed E-state index contributed by atoms with van der Waals surface area (Å²) in [7, 11) is 0. The molecule has 0 unspecified atom stereocenters. The van der Waals surface area contributed by atoms with Crippen LogP contribution < -0.4 is 16.6 Å². The van der Waals surface area contributed by atoms with Crippen LogP contribution in [0.15, 0.2) is 15.9 Å². The van der Waals surface area contributed by atoms with Gasteiger partial charge in [-0.3, -0.25) is 13.9 Å². The van der Waals surface area contributed by atoms with Crippen LogP contribution in [0.4, 0.5) is 0 Å². The summed E-state index contributed by atoms with van der Waals surface area (Å²) in [5, 5.41) is 3.35. The third-order valence-electron chi connectivity index (χ3n) is 4.53. The molecule has 0 bridgehead atoms. The predicted molar refractivity (Wildman–Crippen MR) is 85.2 cm³/mol. The second-order valence-electron chi connectivity index (χ2n) is 5.84. The standard InChI is InChI=1S/C15H23N5O2/c1-3-19-13-12(14(21)20(4-2)15(19)22)18(10-17-13)9-11-5-7-16-8-6-11/h10-11,16H,3-9H2,1-2H3. The molecule has 3 rings (SSSR count). The molecule has 0 spiro atoms. The molecule has 2 aromatic rings. The number of hydrogen-bond donors (Lipinski definition) is 1. The summed E-state index contributed by atoms with van der Waals surface area (Å²) in [5.74, 6) is 0.551. The lowest BCUT2D eigenvalue weighted by atomic mass is 9.98. The maximum absolute atomic E-state index is 12.6. The molecule has 120 valence electrons. The summed E-state index contributed by atoms with van der Waals surface area (Å²) in [4.78, 5) is 29.3. The van der Waals surface area contributed by atoms with Crippen LogP contribution in [0, 0.1) is 5.92 Å². The minimum absolute atomic E-state index is 0.223. The van der Waals surface area contributed by atoms with Gasteiger partial charge in [-0.2, -0.15) is 0 Å². The fraction of sp³-hybridized carbons (Fsp3) is 0.667. The van der Waals surface area contributed by atoms with E-state index in [1.807, 2.05) is 18.4 Å². The van der Waals surface area contributed by atoms with Crippen LogP contribution in [0.2, 0.25) is 0 Å². The van der Waals surface area contributed by atoms with Crippen molar-refractivity contribution in [2.24, 2.45) is 5.92 Å². The normalized spacial score (nSPS) is 16.5. The number of hydrogen-bond acceptors (Lipinski definition) is 4. The largest absolute Gasteiger partial charge is 0.332 e. The average molecular weight is 305 g/mol. The number of fused-ring (bicyclic) bond motifs is 1. The number of aryl methyl sites for hydroxylation is 1. The number of piperidine rings is 1. The number of imidazole rings is 1. The zero-order valence-corrected chi connectivity index (χ0v) is 13.2. The van der Waals surface area contributed by atoms with E-state index >= 15 is 0 Å². The van der Waals surface area contributed by atoms with Crippen LogP contribution in [0.3, 0.4) is 0 Å². The fourth-order valence-electron chi connectivity index (χ4n) is 3.28. The van der Waals surface area contributed by atoms with Gasteiger partial charge in [-0.1, -0.05) is 0 Å². The molecule has 0 aromatic carbocycles. The van der Waals surface area contributed by atoms with Crippen molar-refractivity contribution in [3.63, 3.8) is 0 Å². The topological polar surface area (TPSA) is 73.8 Å². The van der Waals surface area contributed by atoms with E-state index in [1.54, 1.807) is 10.9 Å². The summed E-state index contributed by atoms with van der Waals surface area (Å²) < 4.78 is 4.82. The number of aromatic nitrogens is 4. The highest BCUT2D eigenvalue weighted by Crippen LogP contribution is 2.16. The molecule has 3 heterocycles. The van der Waals surface area contributed by atoms with Crippen molar-refractivity contribution in [3.05, 3.63) is 27.2 Å². The first kappa shape index (κ1) is 15.0. The first-order chi connectivity index (χ1) is 10.7. The highest BCUT2D eigenvalue weighted by atomic mass is 16.2. The van der Waals surface area contributed by atoms with Gasteiger partial charge in [0.15, 0.2) is 11.2 Å². The zero-order valence-electron chi connectivity index (χ0n) is 13.2. The Balaban J connectivity index is 2.13. The summed E-state index contributed by atoms with van der Waals surface area (Å²) in [6, 6.07) is 0. The SMILES string of the molecule is CCn1c(=O)c2c(ncn2CC2CCNCC2)n(CC)c1=O. The molecule has 1 aliphatic heterocycles. The highest BCUT2D eigenvalue weighted by Gasteiger charge is 2.19. The van der Waals surface area contributed by atoms with E-state index in [9.17, 15) is 9.59 Å². The van der Waals surface area contributed by atoms with E-state index in [0.717, 1.165) is 32.5 Å². The van der Waals surface area contributed by atoms with E-state index in [-0.39, 0.29) is 11.2 Å². The maximum atomic E-state index is 12.6. The Labute approximate surface area is 128 Å². The molecule has 0 atom stereocenters. The van der Waals surface area contributed by atoms with Crippen molar-refractivity contribution in [1.82, 2.24) is 24.0 Å². The smallest absolute Gasteiger partial charge is 0.324 e. The maximum Gasteiger partial charge on any atom is 0.332 e. The number of rotatable bonds is 4. The van der Waals surface area contributed by atoms with Gasteiger partial charge < -0.3 is 9.88 Å². The Morgan fingerprint density at radius 3 is 2.50 bits per heavy atom. The quantitative estimate of drug-likeness (QED) is 0.887. The van der Waals surface area contributed by atoms with Gasteiger partial charge in [0.25, 0.3) is 5.56 Å². The molecule has 0 radical (unpaired) electrons. The molecule has 0 aliphatic carbocycles. The number of nitrogens with one attached hydrogen (secondary N) is 1. The molecular formula is C15H23N5O2. The van der Waals surface area contributed by atoms with Gasteiger partial charge in [-0.25, -0.2) is 9.78 Å². The van der Waals surface area contributed by atoms with Crippen molar-refractivity contribution in [2.75, 3.05) is 13.1 Å². The summed E-state index contributed by atoms with van der Waals surface area (Å²) in [6.07, 6.45) is 3.92. The summed E-state index contributed by atoms with van der Waals surface area (Å²) >= 11 is 0. The fourth-order valence-corrected chi connectivity index (χ4v) is 3.28. The van der Waals surface area contributed by atoms with Gasteiger partial charge in [-0.15, -0.1) is 0 Å². The van der Waals surface area contributed by atoms with E-state index in [2.05, 4.69) is 10.3 Å². The lowest BCUT2D eigenvalue weighted by Gasteiger charge is -2.23. The third kappa shape index (κ3) is 2.39. The molecule has 0 saturated carbocycles. The minimum Gasteiger partial charge on any atom is -0.324 e. The summed E-state index contributed by atoms with van der Waals surface area (Å²) in [6.45, 7) is 7.46. The average Bonchev–Trinajstić information content (AvgIpc) is 2.93. The van der Waals surface area contributed by atoms with E-state index in [4.69, 9.17) is 0 Å². The van der Waals surface area contributed by atoms with Gasteiger partial charge >= 0.3 is 5.69 Å².